The first-order valence-electron chi connectivity index (χ1n) is 6.33. The molecule has 0 bridgehead atoms. The number of fused-ring (bicyclic) bond motifs is 1. The first kappa shape index (κ1) is 12.9. The molecule has 1 aromatic carbocycles. The lowest BCUT2D eigenvalue weighted by Gasteiger charge is -2.34. The summed E-state index contributed by atoms with van der Waals surface area (Å²) >= 11 is 0. The van der Waals surface area contributed by atoms with E-state index < -0.39 is 0 Å². The van der Waals surface area contributed by atoms with Crippen LogP contribution in [0, 0.1) is 0 Å². The number of rotatable bonds is 2. The Labute approximate surface area is 108 Å². The molecule has 18 heavy (non-hydrogen) atoms. The van der Waals surface area contributed by atoms with Crippen LogP contribution in [0.4, 0.5) is 10.5 Å². The Morgan fingerprint density at radius 3 is 2.83 bits per heavy atom. The van der Waals surface area contributed by atoms with Crippen LogP contribution < -0.4 is 10.2 Å². The third-order valence-corrected chi connectivity index (χ3v) is 3.13. The number of carbonyl (C=O) groups is 1. The van der Waals surface area contributed by atoms with Crippen LogP contribution in [0.1, 0.15) is 31.9 Å². The minimum atomic E-state index is -0.0352. The Balaban J connectivity index is 2.27. The summed E-state index contributed by atoms with van der Waals surface area (Å²) in [7, 11) is 1.71. The van der Waals surface area contributed by atoms with E-state index in [-0.39, 0.29) is 18.2 Å². The van der Waals surface area contributed by atoms with Crippen molar-refractivity contribution in [2.75, 3.05) is 18.6 Å². The van der Waals surface area contributed by atoms with Crippen molar-refractivity contribution < 1.29 is 9.53 Å². The minimum absolute atomic E-state index is 0.0352. The number of anilines is 1. The number of hydrogen-bond donors (Lipinski definition) is 1. The van der Waals surface area contributed by atoms with Gasteiger partial charge in [0.25, 0.3) is 0 Å². The van der Waals surface area contributed by atoms with Crippen molar-refractivity contribution in [3.63, 3.8) is 0 Å². The van der Waals surface area contributed by atoms with Gasteiger partial charge in [-0.25, -0.2) is 4.79 Å². The van der Waals surface area contributed by atoms with Crippen molar-refractivity contribution in [2.24, 2.45) is 0 Å². The van der Waals surface area contributed by atoms with Crippen molar-refractivity contribution in [3.8, 4) is 0 Å². The lowest BCUT2D eigenvalue weighted by atomic mass is 9.99. The van der Waals surface area contributed by atoms with Crippen molar-refractivity contribution in [3.05, 3.63) is 29.8 Å². The summed E-state index contributed by atoms with van der Waals surface area (Å²) in [4.78, 5) is 13.9. The molecule has 4 heteroatoms. The largest absolute Gasteiger partial charge is 0.377 e. The molecule has 1 atom stereocenters. The fourth-order valence-corrected chi connectivity index (χ4v) is 2.31. The van der Waals surface area contributed by atoms with Gasteiger partial charge in [-0.2, -0.15) is 0 Å². The standard InChI is InChI=1S/C14H20N2O2/c1-10(2)15-14(17)16-9-8-13(18-3)11-6-4-5-7-12(11)16/h4-7,10,13H,8-9H2,1-3H3,(H,15,17). The van der Waals surface area contributed by atoms with Crippen LogP contribution >= 0.6 is 0 Å². The number of amides is 2. The fraction of sp³-hybridized carbons (Fsp3) is 0.500. The van der Waals surface area contributed by atoms with E-state index in [4.69, 9.17) is 4.74 Å². The van der Waals surface area contributed by atoms with E-state index in [0.29, 0.717) is 6.54 Å². The second-order valence-electron chi connectivity index (χ2n) is 4.83. The molecular weight excluding hydrogens is 228 g/mol. The van der Waals surface area contributed by atoms with Crippen LogP contribution in [-0.4, -0.2) is 25.7 Å². The molecule has 1 aromatic rings. The highest BCUT2D eigenvalue weighted by Crippen LogP contribution is 2.35. The molecule has 0 radical (unpaired) electrons. The van der Waals surface area contributed by atoms with Crippen molar-refractivity contribution in [1.29, 1.82) is 0 Å². The van der Waals surface area contributed by atoms with E-state index in [1.165, 1.54) is 0 Å². The number of methoxy groups -OCH3 is 1. The highest BCUT2D eigenvalue weighted by molar-refractivity contribution is 5.93. The van der Waals surface area contributed by atoms with Crippen LogP contribution in [0.3, 0.4) is 0 Å². The van der Waals surface area contributed by atoms with Crippen LogP contribution in [0.2, 0.25) is 0 Å². The van der Waals surface area contributed by atoms with Gasteiger partial charge in [0.1, 0.15) is 0 Å². The Bertz CT molecular complexity index is 432. The Hall–Kier alpha value is -1.55. The van der Waals surface area contributed by atoms with Crippen LogP contribution in [0.25, 0.3) is 0 Å². The first-order valence-corrected chi connectivity index (χ1v) is 6.33. The smallest absolute Gasteiger partial charge is 0.322 e. The molecule has 1 N–H and O–H groups in total. The Morgan fingerprint density at radius 2 is 2.17 bits per heavy atom. The molecule has 0 aliphatic carbocycles. The normalized spacial score (nSPS) is 18.7. The van der Waals surface area contributed by atoms with Crippen LogP contribution in [-0.2, 0) is 4.74 Å². The summed E-state index contributed by atoms with van der Waals surface area (Å²) in [6.07, 6.45) is 0.920. The lowest BCUT2D eigenvalue weighted by molar-refractivity contribution is 0.0941. The SMILES string of the molecule is COC1CCN(C(=O)NC(C)C)c2ccccc21. The van der Waals surface area contributed by atoms with E-state index in [1.54, 1.807) is 12.0 Å². The number of urea groups is 1. The fourth-order valence-electron chi connectivity index (χ4n) is 2.31. The molecule has 98 valence electrons. The predicted molar refractivity (Wildman–Crippen MR) is 71.8 cm³/mol. The number of benzene rings is 1. The summed E-state index contributed by atoms with van der Waals surface area (Å²) in [5.74, 6) is 0. The number of para-hydroxylation sites is 1. The molecule has 0 aromatic heterocycles. The molecule has 0 spiro atoms. The number of nitrogens with zero attached hydrogens (tertiary/aromatic N) is 1. The zero-order valence-electron chi connectivity index (χ0n) is 11.1. The van der Waals surface area contributed by atoms with Gasteiger partial charge in [-0.05, 0) is 26.3 Å². The van der Waals surface area contributed by atoms with Crippen LogP contribution in [0.5, 0.6) is 0 Å². The van der Waals surface area contributed by atoms with Gasteiger partial charge < -0.3 is 10.1 Å². The molecular formula is C14H20N2O2. The molecule has 0 fully saturated rings. The molecule has 1 aliphatic heterocycles. The second-order valence-corrected chi connectivity index (χ2v) is 4.83. The van der Waals surface area contributed by atoms with E-state index >= 15 is 0 Å². The molecule has 2 amide bonds. The van der Waals surface area contributed by atoms with Crippen molar-refractivity contribution in [2.45, 2.75) is 32.4 Å². The molecule has 1 aliphatic rings. The predicted octanol–water partition coefficient (Wildman–Crippen LogP) is 2.70. The maximum absolute atomic E-state index is 12.1. The van der Waals surface area contributed by atoms with Crippen LogP contribution in [0.15, 0.2) is 24.3 Å². The van der Waals surface area contributed by atoms with Gasteiger partial charge in [-0.15, -0.1) is 0 Å². The summed E-state index contributed by atoms with van der Waals surface area (Å²) in [6.45, 7) is 4.62. The summed E-state index contributed by atoms with van der Waals surface area (Å²) in [5.41, 5.74) is 2.04. The average Bonchev–Trinajstić information content (AvgIpc) is 2.36. The minimum Gasteiger partial charge on any atom is -0.377 e. The maximum atomic E-state index is 12.1. The van der Waals surface area contributed by atoms with Gasteiger partial charge in [0.2, 0.25) is 0 Å². The molecule has 4 nitrogen and oxygen atoms in total. The quantitative estimate of drug-likeness (QED) is 0.874. The Kier molecular flexibility index (Phi) is 3.87. The van der Waals surface area contributed by atoms with Crippen molar-refractivity contribution in [1.82, 2.24) is 5.32 Å². The number of hydrogen-bond acceptors (Lipinski definition) is 2. The van der Waals surface area contributed by atoms with E-state index in [9.17, 15) is 4.79 Å². The van der Waals surface area contributed by atoms with Gasteiger partial charge in [0.15, 0.2) is 0 Å². The van der Waals surface area contributed by atoms with Gasteiger partial charge in [0, 0.05) is 25.3 Å². The molecule has 0 saturated carbocycles. The zero-order valence-corrected chi connectivity index (χ0v) is 11.1. The van der Waals surface area contributed by atoms with E-state index in [1.807, 2.05) is 38.1 Å². The maximum Gasteiger partial charge on any atom is 0.322 e. The number of nitrogens with one attached hydrogen (secondary N) is 1. The number of ether oxygens (including phenoxy) is 1. The topological polar surface area (TPSA) is 41.6 Å². The zero-order chi connectivity index (χ0) is 13.1. The highest BCUT2D eigenvalue weighted by Gasteiger charge is 2.28. The summed E-state index contributed by atoms with van der Waals surface area (Å²) in [5, 5.41) is 2.93. The van der Waals surface area contributed by atoms with Gasteiger partial charge in [-0.1, -0.05) is 18.2 Å². The van der Waals surface area contributed by atoms with Gasteiger partial charge in [0.05, 0.1) is 11.8 Å². The summed E-state index contributed by atoms with van der Waals surface area (Å²) in [6, 6.07) is 8.04. The van der Waals surface area contributed by atoms with Gasteiger partial charge in [-0.3, -0.25) is 4.90 Å². The van der Waals surface area contributed by atoms with Crippen molar-refractivity contribution >= 4 is 11.7 Å². The second kappa shape index (κ2) is 5.40. The highest BCUT2D eigenvalue weighted by atomic mass is 16.5. The average molecular weight is 248 g/mol. The Morgan fingerprint density at radius 1 is 1.44 bits per heavy atom. The molecule has 0 saturated heterocycles. The number of carbonyl (C=O) groups excluding carboxylic acids is 1. The summed E-state index contributed by atoms with van der Waals surface area (Å²) < 4.78 is 5.47. The third-order valence-electron chi connectivity index (χ3n) is 3.13. The first-order chi connectivity index (χ1) is 8.63. The molecule has 1 heterocycles. The molecule has 1 unspecified atom stereocenters. The van der Waals surface area contributed by atoms with E-state index in [0.717, 1.165) is 17.7 Å². The third kappa shape index (κ3) is 2.48. The lowest BCUT2D eigenvalue weighted by Crippen LogP contribution is -2.45. The monoisotopic (exact) mass is 248 g/mol. The van der Waals surface area contributed by atoms with E-state index in [2.05, 4.69) is 5.32 Å². The van der Waals surface area contributed by atoms with Gasteiger partial charge >= 0.3 is 6.03 Å². The molecule has 2 rings (SSSR count).